The minimum absolute atomic E-state index is 0. The van der Waals surface area contributed by atoms with Gasteiger partial charge >= 0.3 is 0 Å². The zero-order valence-electron chi connectivity index (χ0n) is 24.1. The molecule has 0 aliphatic heterocycles. The maximum atomic E-state index is 11.8. The molecule has 8 heteroatoms. The molecule has 0 radical (unpaired) electrons. The van der Waals surface area contributed by atoms with E-state index in [4.69, 9.17) is 14.4 Å². The van der Waals surface area contributed by atoms with Crippen LogP contribution in [0.3, 0.4) is 0 Å². The minimum atomic E-state index is -3.73. The number of thioether (sulfide) groups is 1. The van der Waals surface area contributed by atoms with Crippen LogP contribution in [0, 0.1) is 31.6 Å². The molecule has 0 saturated carbocycles. The van der Waals surface area contributed by atoms with Gasteiger partial charge in [0.2, 0.25) is 0 Å². The van der Waals surface area contributed by atoms with Crippen molar-refractivity contribution in [2.75, 3.05) is 25.6 Å². The number of benzene rings is 3. The van der Waals surface area contributed by atoms with Gasteiger partial charge in [-0.15, -0.1) is 24.4 Å². The van der Waals surface area contributed by atoms with Crippen LogP contribution in [0.15, 0.2) is 87.5 Å². The van der Waals surface area contributed by atoms with Crippen LogP contribution in [-0.4, -0.2) is 44.2 Å². The van der Waals surface area contributed by atoms with Crippen molar-refractivity contribution in [3.63, 3.8) is 0 Å². The largest absolute Gasteiger partial charge is 0.396 e. The van der Waals surface area contributed by atoms with Gasteiger partial charge in [-0.3, -0.25) is 4.18 Å². The van der Waals surface area contributed by atoms with Crippen molar-refractivity contribution in [3.05, 3.63) is 89.5 Å². The zero-order valence-corrected chi connectivity index (χ0v) is 26.7. The Balaban J connectivity index is -0.000000266. The summed E-state index contributed by atoms with van der Waals surface area (Å²) in [5.74, 6) is 0.951. The molecule has 0 fully saturated rings. The number of aliphatic hydroxyl groups excluding tert-OH is 2. The fourth-order valence-corrected chi connectivity index (χ4v) is 4.77. The molecule has 0 aliphatic carbocycles. The normalized spacial score (nSPS) is 10.6. The second kappa shape index (κ2) is 22.7. The van der Waals surface area contributed by atoms with Crippen LogP contribution >= 0.6 is 24.4 Å². The van der Waals surface area contributed by atoms with Crippen molar-refractivity contribution in [1.82, 2.24) is 0 Å². The third kappa shape index (κ3) is 20.7. The summed E-state index contributed by atoms with van der Waals surface area (Å²) in [7, 11) is -3.73. The Morgan fingerprint density at radius 2 is 1.05 bits per heavy atom. The molecule has 0 bridgehead atoms. The van der Waals surface area contributed by atoms with Gasteiger partial charge in [0.25, 0.3) is 10.1 Å². The topological polar surface area (TPSA) is 83.8 Å². The lowest BCUT2D eigenvalue weighted by molar-refractivity contribution is 0.101. The summed E-state index contributed by atoms with van der Waals surface area (Å²) >= 11 is 5.93. The average Bonchev–Trinajstić information content (AvgIpc) is 2.90. The lowest BCUT2D eigenvalue weighted by Gasteiger charge is -2.20. The average molecular weight is 657 g/mol. The SMILES string of the molecule is C.C.C.C.Cc1ccc(S(=O)(=O)OCC(C)(C)CO)cc1.Cc1ccc(S)cc1.Cc1ccc(SCC(C)(C)CO)cc1. The van der Waals surface area contributed by atoms with E-state index in [1.807, 2.05) is 31.2 Å². The lowest BCUT2D eigenvalue weighted by Crippen LogP contribution is -2.25. The molecular formula is C35H60O5S3. The first-order chi connectivity index (χ1) is 18.1. The van der Waals surface area contributed by atoms with Crippen LogP contribution in [-0.2, 0) is 14.3 Å². The van der Waals surface area contributed by atoms with Crippen LogP contribution in [0.4, 0.5) is 0 Å². The van der Waals surface area contributed by atoms with E-state index in [1.54, 1.807) is 37.7 Å². The summed E-state index contributed by atoms with van der Waals surface area (Å²) in [4.78, 5) is 2.43. The predicted octanol–water partition coefficient (Wildman–Crippen LogP) is 9.65. The molecule has 0 spiro atoms. The summed E-state index contributed by atoms with van der Waals surface area (Å²) in [6.45, 7) is 13.7. The van der Waals surface area contributed by atoms with E-state index in [1.165, 1.54) is 28.2 Å². The Morgan fingerprint density at radius 3 is 1.42 bits per heavy atom. The Morgan fingerprint density at radius 1 is 0.674 bits per heavy atom. The van der Waals surface area contributed by atoms with Gasteiger partial charge in [-0.2, -0.15) is 8.42 Å². The third-order valence-electron chi connectivity index (χ3n) is 5.46. The zero-order chi connectivity index (χ0) is 29.7. The maximum Gasteiger partial charge on any atom is 0.296 e. The Kier molecular flexibility index (Phi) is 25.4. The molecule has 5 nitrogen and oxygen atoms in total. The number of rotatable bonds is 9. The standard InChI is InChI=1S/C12H18O4S.C12H18OS.C7H8S.4CH4/c1-10-4-6-11(7-5-10)17(14,15)16-9-12(2,3)8-13;1-10-4-6-11(7-5-10)14-9-12(2,3)8-13;1-6-2-4-7(8)5-3-6;;;;/h4-7,13H,8-9H2,1-3H3;4-7,13H,8-9H2,1-3H3;2-5,8H,1H3;4*1H4. The predicted molar refractivity (Wildman–Crippen MR) is 193 cm³/mol. The smallest absolute Gasteiger partial charge is 0.296 e. The van der Waals surface area contributed by atoms with Crippen LogP contribution in [0.5, 0.6) is 0 Å². The lowest BCUT2D eigenvalue weighted by atomic mass is 9.97. The number of hydrogen-bond acceptors (Lipinski definition) is 7. The number of aliphatic hydroxyl groups is 2. The Bertz CT molecular complexity index is 1180. The number of hydrogen-bond donors (Lipinski definition) is 3. The third-order valence-corrected chi connectivity index (χ3v) is 8.56. The van der Waals surface area contributed by atoms with Gasteiger partial charge in [0.05, 0.1) is 18.1 Å². The molecular weight excluding hydrogens is 597 g/mol. The molecule has 0 saturated heterocycles. The van der Waals surface area contributed by atoms with E-state index >= 15 is 0 Å². The first kappa shape index (κ1) is 48.1. The summed E-state index contributed by atoms with van der Waals surface area (Å²) in [5, 5.41) is 18.1. The summed E-state index contributed by atoms with van der Waals surface area (Å²) < 4.78 is 28.5. The van der Waals surface area contributed by atoms with E-state index in [0.717, 1.165) is 16.2 Å². The van der Waals surface area contributed by atoms with Gasteiger partial charge in [0.15, 0.2) is 0 Å². The van der Waals surface area contributed by atoms with Crippen LogP contribution in [0.1, 0.15) is 74.1 Å². The van der Waals surface area contributed by atoms with E-state index in [9.17, 15) is 8.42 Å². The quantitative estimate of drug-likeness (QED) is 0.121. The fourth-order valence-electron chi connectivity index (χ4n) is 2.56. The first-order valence-electron chi connectivity index (χ1n) is 12.7. The minimum Gasteiger partial charge on any atom is -0.396 e. The second-order valence-electron chi connectivity index (χ2n) is 11.1. The Labute approximate surface area is 275 Å². The van der Waals surface area contributed by atoms with Crippen molar-refractivity contribution in [3.8, 4) is 0 Å². The molecule has 0 amide bonds. The molecule has 0 aromatic heterocycles. The van der Waals surface area contributed by atoms with Crippen LogP contribution in [0.25, 0.3) is 0 Å². The van der Waals surface area contributed by atoms with E-state index in [2.05, 4.69) is 64.6 Å². The second-order valence-corrected chi connectivity index (χ2v) is 14.3. The fraction of sp³-hybridized carbons (Fsp3) is 0.486. The molecule has 2 N–H and O–H groups in total. The van der Waals surface area contributed by atoms with Gasteiger partial charge in [-0.05, 0) is 62.6 Å². The van der Waals surface area contributed by atoms with Crippen molar-refractivity contribution >= 4 is 34.5 Å². The summed E-state index contributed by atoms with van der Waals surface area (Å²) in [6, 6.07) is 23.0. The molecule has 43 heavy (non-hydrogen) atoms. The van der Waals surface area contributed by atoms with Crippen molar-refractivity contribution in [1.29, 1.82) is 0 Å². The molecule has 3 aromatic carbocycles. The number of thiol groups is 1. The molecule has 3 rings (SSSR count). The highest BCUT2D eigenvalue weighted by Crippen LogP contribution is 2.27. The molecule has 0 unspecified atom stereocenters. The maximum absolute atomic E-state index is 11.8. The van der Waals surface area contributed by atoms with E-state index in [0.29, 0.717) is 0 Å². The molecule has 0 aliphatic rings. The Hall–Kier alpha value is -1.81. The van der Waals surface area contributed by atoms with Crippen molar-refractivity contribution < 1.29 is 22.8 Å². The molecule has 0 atom stereocenters. The molecule has 0 heterocycles. The highest BCUT2D eigenvalue weighted by atomic mass is 32.2. The van der Waals surface area contributed by atoms with Crippen LogP contribution < -0.4 is 0 Å². The summed E-state index contributed by atoms with van der Waals surface area (Å²) in [6.07, 6.45) is 0. The highest BCUT2D eigenvalue weighted by Gasteiger charge is 2.23. The van der Waals surface area contributed by atoms with Gasteiger partial charge in [0.1, 0.15) is 0 Å². The van der Waals surface area contributed by atoms with Crippen molar-refractivity contribution in [2.45, 2.75) is 92.9 Å². The van der Waals surface area contributed by atoms with Crippen LogP contribution in [0.2, 0.25) is 0 Å². The number of aryl methyl sites for hydroxylation is 3. The monoisotopic (exact) mass is 656 g/mol. The van der Waals surface area contributed by atoms with Gasteiger partial charge in [0, 0.05) is 27.6 Å². The highest BCUT2D eigenvalue weighted by molar-refractivity contribution is 7.99. The summed E-state index contributed by atoms with van der Waals surface area (Å²) in [5.41, 5.74) is 2.99. The van der Waals surface area contributed by atoms with E-state index < -0.39 is 15.5 Å². The van der Waals surface area contributed by atoms with E-state index in [-0.39, 0.29) is 59.8 Å². The van der Waals surface area contributed by atoms with Gasteiger partial charge in [-0.25, -0.2) is 0 Å². The first-order valence-corrected chi connectivity index (χ1v) is 15.6. The van der Waals surface area contributed by atoms with Gasteiger partial charge in [-0.1, -0.05) is 110 Å². The molecule has 248 valence electrons. The molecule has 3 aromatic rings. The van der Waals surface area contributed by atoms with Gasteiger partial charge < -0.3 is 10.2 Å². The van der Waals surface area contributed by atoms with Crippen molar-refractivity contribution in [2.24, 2.45) is 10.8 Å².